The molecule has 2 heterocycles. The van der Waals surface area contributed by atoms with E-state index in [0.29, 0.717) is 18.7 Å². The molecule has 5 nitrogen and oxygen atoms in total. The summed E-state index contributed by atoms with van der Waals surface area (Å²) in [6.45, 7) is 3.30. The molecule has 0 unspecified atom stereocenters. The van der Waals surface area contributed by atoms with Gasteiger partial charge in [-0.25, -0.2) is 4.68 Å². The molecule has 0 bridgehead atoms. The number of likely N-dealkylation sites (tertiary alicyclic amines) is 1. The summed E-state index contributed by atoms with van der Waals surface area (Å²) in [5.41, 5.74) is 7.43. The first-order valence-corrected chi connectivity index (χ1v) is 6.79. The summed E-state index contributed by atoms with van der Waals surface area (Å²) in [7, 11) is 0. The molecular weight excluding hydrogens is 252 g/mol. The summed E-state index contributed by atoms with van der Waals surface area (Å²) in [5.74, 6) is 0.00158. The monoisotopic (exact) mass is 270 g/mol. The summed E-state index contributed by atoms with van der Waals surface area (Å²) in [4.78, 5) is 14.1. The summed E-state index contributed by atoms with van der Waals surface area (Å²) < 4.78 is 1.71. The molecule has 20 heavy (non-hydrogen) atoms. The van der Waals surface area contributed by atoms with E-state index in [1.54, 1.807) is 22.0 Å². The lowest BCUT2D eigenvalue weighted by atomic mass is 9.88. The number of benzene rings is 1. The van der Waals surface area contributed by atoms with Crippen LogP contribution in [0.5, 0.6) is 0 Å². The standard InChI is InChI=1S/C15H18N4O/c1-2-15(16)10-18(11-15)14(20)12-8-17-19(9-12)13-6-4-3-5-7-13/h3-9H,2,10-11,16H2,1H3. The van der Waals surface area contributed by atoms with Crippen molar-refractivity contribution in [3.8, 4) is 5.69 Å². The van der Waals surface area contributed by atoms with E-state index >= 15 is 0 Å². The molecular formula is C15H18N4O. The second kappa shape index (κ2) is 4.76. The SMILES string of the molecule is CCC1(N)CN(C(=O)c2cnn(-c3ccccc3)c2)C1. The number of rotatable bonds is 3. The van der Waals surface area contributed by atoms with Crippen LogP contribution in [-0.2, 0) is 0 Å². The topological polar surface area (TPSA) is 64.2 Å². The van der Waals surface area contributed by atoms with E-state index in [1.165, 1.54) is 0 Å². The van der Waals surface area contributed by atoms with Gasteiger partial charge in [0.2, 0.25) is 0 Å². The van der Waals surface area contributed by atoms with Gasteiger partial charge in [-0.05, 0) is 18.6 Å². The number of amides is 1. The fourth-order valence-corrected chi connectivity index (χ4v) is 2.42. The Kier molecular flexibility index (Phi) is 3.06. The third-order valence-electron chi connectivity index (χ3n) is 3.85. The molecule has 0 radical (unpaired) electrons. The van der Waals surface area contributed by atoms with Crippen LogP contribution in [0.2, 0.25) is 0 Å². The highest BCUT2D eigenvalue weighted by molar-refractivity contribution is 5.94. The predicted octanol–water partition coefficient (Wildman–Crippen LogP) is 1.44. The van der Waals surface area contributed by atoms with Crippen molar-refractivity contribution in [2.45, 2.75) is 18.9 Å². The van der Waals surface area contributed by atoms with Gasteiger partial charge >= 0.3 is 0 Å². The van der Waals surface area contributed by atoms with Gasteiger partial charge < -0.3 is 10.6 Å². The highest BCUT2D eigenvalue weighted by atomic mass is 16.2. The van der Waals surface area contributed by atoms with Crippen molar-refractivity contribution >= 4 is 5.91 Å². The first-order valence-electron chi connectivity index (χ1n) is 6.79. The fourth-order valence-electron chi connectivity index (χ4n) is 2.42. The number of hydrogen-bond donors (Lipinski definition) is 1. The Morgan fingerprint density at radius 3 is 2.70 bits per heavy atom. The van der Waals surface area contributed by atoms with Crippen molar-refractivity contribution in [1.82, 2.24) is 14.7 Å². The van der Waals surface area contributed by atoms with E-state index < -0.39 is 0 Å². The van der Waals surface area contributed by atoms with Gasteiger partial charge in [0.05, 0.1) is 23.0 Å². The van der Waals surface area contributed by atoms with Crippen molar-refractivity contribution in [1.29, 1.82) is 0 Å². The average Bonchev–Trinajstić information content (AvgIpc) is 2.94. The molecule has 104 valence electrons. The molecule has 1 fully saturated rings. The molecule has 1 amide bonds. The minimum absolute atomic E-state index is 0.00158. The number of aromatic nitrogens is 2. The number of nitrogens with two attached hydrogens (primary N) is 1. The molecule has 0 atom stereocenters. The van der Waals surface area contributed by atoms with Crippen LogP contribution in [0.3, 0.4) is 0 Å². The van der Waals surface area contributed by atoms with Gasteiger partial charge in [-0.3, -0.25) is 4.79 Å². The largest absolute Gasteiger partial charge is 0.335 e. The van der Waals surface area contributed by atoms with Crippen LogP contribution in [0.15, 0.2) is 42.7 Å². The molecule has 3 rings (SSSR count). The average molecular weight is 270 g/mol. The van der Waals surface area contributed by atoms with Crippen LogP contribution in [0.25, 0.3) is 5.69 Å². The van der Waals surface area contributed by atoms with Crippen LogP contribution in [0.1, 0.15) is 23.7 Å². The Labute approximate surface area is 118 Å². The second-order valence-electron chi connectivity index (χ2n) is 5.39. The number of hydrogen-bond acceptors (Lipinski definition) is 3. The van der Waals surface area contributed by atoms with Gasteiger partial charge in [-0.15, -0.1) is 0 Å². The number of para-hydroxylation sites is 1. The second-order valence-corrected chi connectivity index (χ2v) is 5.39. The van der Waals surface area contributed by atoms with E-state index in [2.05, 4.69) is 12.0 Å². The Balaban J connectivity index is 1.73. The van der Waals surface area contributed by atoms with E-state index in [0.717, 1.165) is 12.1 Å². The molecule has 0 aliphatic carbocycles. The molecule has 1 aliphatic heterocycles. The van der Waals surface area contributed by atoms with Crippen molar-refractivity contribution in [2.24, 2.45) is 5.73 Å². The zero-order valence-electron chi connectivity index (χ0n) is 11.5. The van der Waals surface area contributed by atoms with E-state index in [-0.39, 0.29) is 11.4 Å². The van der Waals surface area contributed by atoms with Crippen LogP contribution in [0.4, 0.5) is 0 Å². The van der Waals surface area contributed by atoms with Gasteiger partial charge in [0, 0.05) is 19.3 Å². The van der Waals surface area contributed by atoms with Crippen LogP contribution >= 0.6 is 0 Å². The van der Waals surface area contributed by atoms with Gasteiger partial charge in [0.1, 0.15) is 0 Å². The van der Waals surface area contributed by atoms with E-state index in [1.807, 2.05) is 30.3 Å². The molecule has 1 aromatic heterocycles. The number of carbonyl (C=O) groups is 1. The molecule has 0 spiro atoms. The lowest BCUT2D eigenvalue weighted by molar-refractivity contribution is 0.0401. The zero-order chi connectivity index (χ0) is 14.2. The third-order valence-corrected chi connectivity index (χ3v) is 3.85. The van der Waals surface area contributed by atoms with Crippen molar-refractivity contribution < 1.29 is 4.79 Å². The summed E-state index contributed by atoms with van der Waals surface area (Å²) in [5, 5.41) is 4.24. The quantitative estimate of drug-likeness (QED) is 0.917. The van der Waals surface area contributed by atoms with Crippen molar-refractivity contribution in [2.75, 3.05) is 13.1 Å². The Bertz CT molecular complexity index is 614. The molecule has 1 aliphatic rings. The van der Waals surface area contributed by atoms with Gasteiger partial charge in [-0.1, -0.05) is 25.1 Å². The fraction of sp³-hybridized carbons (Fsp3) is 0.333. The predicted molar refractivity (Wildman–Crippen MR) is 76.7 cm³/mol. The summed E-state index contributed by atoms with van der Waals surface area (Å²) in [6, 6.07) is 9.74. The maximum absolute atomic E-state index is 12.3. The highest BCUT2D eigenvalue weighted by Gasteiger charge is 2.40. The number of carbonyl (C=O) groups excluding carboxylic acids is 1. The Hall–Kier alpha value is -2.14. The minimum atomic E-state index is -0.203. The number of nitrogens with zero attached hydrogens (tertiary/aromatic N) is 3. The smallest absolute Gasteiger partial charge is 0.257 e. The Morgan fingerprint density at radius 2 is 2.05 bits per heavy atom. The normalized spacial score (nSPS) is 16.8. The van der Waals surface area contributed by atoms with Crippen LogP contribution in [-0.4, -0.2) is 39.2 Å². The molecule has 2 aromatic rings. The summed E-state index contributed by atoms with van der Waals surface area (Å²) >= 11 is 0. The maximum atomic E-state index is 12.3. The highest BCUT2D eigenvalue weighted by Crippen LogP contribution is 2.23. The summed E-state index contributed by atoms with van der Waals surface area (Å²) in [6.07, 6.45) is 4.26. The first kappa shape index (κ1) is 12.9. The minimum Gasteiger partial charge on any atom is -0.335 e. The molecule has 1 aromatic carbocycles. The zero-order valence-corrected chi connectivity index (χ0v) is 11.5. The van der Waals surface area contributed by atoms with Crippen LogP contribution < -0.4 is 5.73 Å². The van der Waals surface area contributed by atoms with Crippen molar-refractivity contribution in [3.05, 3.63) is 48.3 Å². The van der Waals surface area contributed by atoms with Gasteiger partial charge in [0.25, 0.3) is 5.91 Å². The Morgan fingerprint density at radius 1 is 1.35 bits per heavy atom. The molecule has 0 saturated carbocycles. The molecule has 1 saturated heterocycles. The van der Waals surface area contributed by atoms with E-state index in [4.69, 9.17) is 5.73 Å². The van der Waals surface area contributed by atoms with Gasteiger partial charge in [-0.2, -0.15) is 5.10 Å². The van der Waals surface area contributed by atoms with Crippen molar-refractivity contribution in [3.63, 3.8) is 0 Å². The van der Waals surface area contributed by atoms with Crippen LogP contribution in [0, 0.1) is 0 Å². The van der Waals surface area contributed by atoms with Gasteiger partial charge in [0.15, 0.2) is 0 Å². The molecule has 5 heteroatoms. The third kappa shape index (κ3) is 2.20. The lowest BCUT2D eigenvalue weighted by Gasteiger charge is -2.47. The molecule has 2 N–H and O–H groups in total. The maximum Gasteiger partial charge on any atom is 0.257 e. The van der Waals surface area contributed by atoms with E-state index in [9.17, 15) is 4.79 Å². The first-order chi connectivity index (χ1) is 9.61. The lowest BCUT2D eigenvalue weighted by Crippen LogP contribution is -2.68.